The van der Waals surface area contributed by atoms with Crippen LogP contribution in [0.15, 0.2) is 54.7 Å². The third kappa shape index (κ3) is 6.14. The van der Waals surface area contributed by atoms with Crippen LogP contribution in [0.25, 0.3) is 10.9 Å². The summed E-state index contributed by atoms with van der Waals surface area (Å²) in [4.78, 5) is 31.9. The van der Waals surface area contributed by atoms with Crippen molar-refractivity contribution in [3.8, 4) is 5.75 Å². The third-order valence-corrected chi connectivity index (χ3v) is 5.95. The van der Waals surface area contributed by atoms with Crippen LogP contribution in [0.5, 0.6) is 5.75 Å². The molecule has 7 nitrogen and oxygen atoms in total. The molecule has 0 fully saturated rings. The molecule has 0 saturated heterocycles. The highest BCUT2D eigenvalue weighted by molar-refractivity contribution is 5.85. The zero-order valence-electron chi connectivity index (χ0n) is 19.9. The predicted molar refractivity (Wildman–Crippen MR) is 132 cm³/mol. The number of H-pyrrole nitrogens is 1. The molecule has 1 atom stereocenters. The maximum atomic E-state index is 12.7. The Balaban J connectivity index is 1.71. The SMILES string of the molecule is CCN(CC)C(=O)CN(C)CC(=O)NCC(c1ccc(OC)cc1)c1c[nH]c2ccccc12. The van der Waals surface area contributed by atoms with Gasteiger partial charge in [0, 0.05) is 42.7 Å². The van der Waals surface area contributed by atoms with Gasteiger partial charge in [0.05, 0.1) is 20.2 Å². The lowest BCUT2D eigenvalue weighted by atomic mass is 9.90. The number of carbonyl (C=O) groups is 2. The van der Waals surface area contributed by atoms with Gasteiger partial charge in [-0.2, -0.15) is 0 Å². The van der Waals surface area contributed by atoms with Gasteiger partial charge in [0.1, 0.15) is 5.75 Å². The van der Waals surface area contributed by atoms with Crippen molar-refractivity contribution in [3.05, 3.63) is 65.9 Å². The second kappa shape index (κ2) is 11.5. The number of hydrogen-bond donors (Lipinski definition) is 2. The minimum Gasteiger partial charge on any atom is -0.497 e. The van der Waals surface area contributed by atoms with Crippen LogP contribution in [0.3, 0.4) is 0 Å². The molecule has 0 bridgehead atoms. The Morgan fingerprint density at radius 3 is 2.39 bits per heavy atom. The van der Waals surface area contributed by atoms with Gasteiger partial charge in [-0.3, -0.25) is 14.5 Å². The average molecular weight is 451 g/mol. The van der Waals surface area contributed by atoms with Crippen LogP contribution in [0.2, 0.25) is 0 Å². The maximum Gasteiger partial charge on any atom is 0.236 e. The molecule has 0 radical (unpaired) electrons. The number of likely N-dealkylation sites (N-methyl/N-ethyl adjacent to an activating group) is 2. The first kappa shape index (κ1) is 24.3. The van der Waals surface area contributed by atoms with E-state index < -0.39 is 0 Å². The lowest BCUT2D eigenvalue weighted by Gasteiger charge is -2.23. The van der Waals surface area contributed by atoms with Crippen LogP contribution in [-0.2, 0) is 9.59 Å². The molecule has 33 heavy (non-hydrogen) atoms. The molecule has 1 unspecified atom stereocenters. The monoisotopic (exact) mass is 450 g/mol. The molecule has 0 aliphatic heterocycles. The number of nitrogens with zero attached hydrogens (tertiary/aromatic N) is 2. The molecular formula is C26H34N4O3. The van der Waals surface area contributed by atoms with Crippen molar-refractivity contribution in [1.82, 2.24) is 20.1 Å². The van der Waals surface area contributed by atoms with Crippen molar-refractivity contribution >= 4 is 22.7 Å². The highest BCUT2D eigenvalue weighted by atomic mass is 16.5. The second-order valence-corrected chi connectivity index (χ2v) is 8.16. The van der Waals surface area contributed by atoms with Crippen molar-refractivity contribution in [2.24, 2.45) is 0 Å². The fourth-order valence-electron chi connectivity index (χ4n) is 4.11. The molecule has 0 aliphatic carbocycles. The van der Waals surface area contributed by atoms with Gasteiger partial charge in [-0.1, -0.05) is 30.3 Å². The summed E-state index contributed by atoms with van der Waals surface area (Å²) in [7, 11) is 3.44. The summed E-state index contributed by atoms with van der Waals surface area (Å²) in [5, 5.41) is 4.21. The molecular weight excluding hydrogens is 416 g/mol. The Hall–Kier alpha value is -3.32. The Morgan fingerprint density at radius 2 is 1.73 bits per heavy atom. The number of ether oxygens (including phenoxy) is 1. The van der Waals surface area contributed by atoms with Gasteiger partial charge in [-0.15, -0.1) is 0 Å². The molecule has 1 heterocycles. The van der Waals surface area contributed by atoms with Crippen molar-refractivity contribution in [3.63, 3.8) is 0 Å². The fraction of sp³-hybridized carbons (Fsp3) is 0.385. The molecule has 0 aliphatic rings. The van der Waals surface area contributed by atoms with E-state index in [0.29, 0.717) is 19.6 Å². The minimum atomic E-state index is -0.108. The summed E-state index contributed by atoms with van der Waals surface area (Å²) in [6, 6.07) is 16.1. The first-order chi connectivity index (χ1) is 16.0. The van der Waals surface area contributed by atoms with Gasteiger partial charge in [-0.25, -0.2) is 0 Å². The van der Waals surface area contributed by atoms with Crippen molar-refractivity contribution in [2.45, 2.75) is 19.8 Å². The third-order valence-electron chi connectivity index (χ3n) is 5.95. The van der Waals surface area contributed by atoms with Crippen LogP contribution in [0, 0.1) is 0 Å². The molecule has 2 amide bonds. The molecule has 0 saturated carbocycles. The van der Waals surface area contributed by atoms with Gasteiger partial charge >= 0.3 is 0 Å². The number of hydrogen-bond acceptors (Lipinski definition) is 4. The highest BCUT2D eigenvalue weighted by Crippen LogP contribution is 2.31. The smallest absolute Gasteiger partial charge is 0.236 e. The first-order valence-corrected chi connectivity index (χ1v) is 11.4. The number of benzene rings is 2. The largest absolute Gasteiger partial charge is 0.497 e. The van der Waals surface area contributed by atoms with Crippen LogP contribution in [0.1, 0.15) is 30.9 Å². The summed E-state index contributed by atoms with van der Waals surface area (Å²) in [6.07, 6.45) is 2.01. The molecule has 0 spiro atoms. The van der Waals surface area contributed by atoms with Crippen molar-refractivity contribution in [1.29, 1.82) is 0 Å². The van der Waals surface area contributed by atoms with E-state index in [1.165, 1.54) is 0 Å². The van der Waals surface area contributed by atoms with Crippen molar-refractivity contribution < 1.29 is 14.3 Å². The lowest BCUT2D eigenvalue weighted by Crippen LogP contribution is -2.43. The van der Waals surface area contributed by atoms with Gasteiger partial charge in [0.2, 0.25) is 11.8 Å². The normalized spacial score (nSPS) is 12.0. The Bertz CT molecular complexity index is 1060. The number of rotatable bonds is 11. The Morgan fingerprint density at radius 1 is 1.03 bits per heavy atom. The zero-order chi connectivity index (χ0) is 23.8. The Kier molecular flexibility index (Phi) is 8.49. The number of amides is 2. The molecule has 176 valence electrons. The number of para-hydroxylation sites is 1. The summed E-state index contributed by atoms with van der Waals surface area (Å²) in [5.41, 5.74) is 3.28. The van der Waals surface area contributed by atoms with Crippen LogP contribution in [-0.4, -0.2) is 73.5 Å². The number of aromatic nitrogens is 1. The number of fused-ring (bicyclic) bond motifs is 1. The number of methoxy groups -OCH3 is 1. The average Bonchev–Trinajstić information content (AvgIpc) is 3.24. The van der Waals surface area contributed by atoms with E-state index in [4.69, 9.17) is 4.74 Å². The zero-order valence-corrected chi connectivity index (χ0v) is 19.9. The molecule has 2 N–H and O–H groups in total. The van der Waals surface area contributed by atoms with Gasteiger partial charge in [0.25, 0.3) is 0 Å². The van der Waals surface area contributed by atoms with Gasteiger partial charge in [0.15, 0.2) is 0 Å². The van der Waals surface area contributed by atoms with Crippen molar-refractivity contribution in [2.75, 3.05) is 46.9 Å². The molecule has 3 rings (SSSR count). The lowest BCUT2D eigenvalue weighted by molar-refractivity contribution is -0.132. The second-order valence-electron chi connectivity index (χ2n) is 8.16. The van der Waals surface area contributed by atoms with Crippen LogP contribution in [0.4, 0.5) is 0 Å². The van der Waals surface area contributed by atoms with Gasteiger partial charge < -0.3 is 19.9 Å². The molecule has 3 aromatic rings. The maximum absolute atomic E-state index is 12.7. The fourth-order valence-corrected chi connectivity index (χ4v) is 4.11. The summed E-state index contributed by atoms with van der Waals surface area (Å²) in [5.74, 6) is 0.687. The minimum absolute atomic E-state index is 0.0291. The van der Waals surface area contributed by atoms with E-state index in [1.807, 2.05) is 62.5 Å². The Labute approximate surface area is 195 Å². The summed E-state index contributed by atoms with van der Waals surface area (Å²) >= 11 is 0. The van der Waals surface area contributed by atoms with Crippen LogP contribution >= 0.6 is 0 Å². The van der Waals surface area contributed by atoms with E-state index in [9.17, 15) is 9.59 Å². The summed E-state index contributed by atoms with van der Waals surface area (Å²) in [6.45, 7) is 6.09. The molecule has 2 aromatic carbocycles. The number of carbonyl (C=O) groups excluding carboxylic acids is 2. The quantitative estimate of drug-likeness (QED) is 0.470. The van der Waals surface area contributed by atoms with E-state index in [-0.39, 0.29) is 30.8 Å². The number of nitrogens with one attached hydrogen (secondary N) is 2. The van der Waals surface area contributed by atoms with E-state index >= 15 is 0 Å². The summed E-state index contributed by atoms with van der Waals surface area (Å²) < 4.78 is 5.30. The van der Waals surface area contributed by atoms with Crippen LogP contribution < -0.4 is 10.1 Å². The molecule has 1 aromatic heterocycles. The topological polar surface area (TPSA) is 77.7 Å². The highest BCUT2D eigenvalue weighted by Gasteiger charge is 2.20. The van der Waals surface area contributed by atoms with Gasteiger partial charge in [-0.05, 0) is 50.2 Å². The van der Waals surface area contributed by atoms with E-state index in [1.54, 1.807) is 24.0 Å². The predicted octanol–water partition coefficient (Wildman–Crippen LogP) is 3.22. The van der Waals surface area contributed by atoms with E-state index in [0.717, 1.165) is 27.8 Å². The first-order valence-electron chi connectivity index (χ1n) is 11.4. The standard InChI is InChI=1S/C26H34N4O3/c1-5-30(6-2)26(32)18-29(3)17-25(31)28-15-22(19-11-13-20(33-4)14-12-19)23-16-27-24-10-8-7-9-21(23)24/h7-14,16,22,27H,5-6,15,17-18H2,1-4H3,(H,28,31). The number of aromatic amines is 1. The molecule has 7 heteroatoms. The van der Waals surface area contributed by atoms with E-state index in [2.05, 4.69) is 16.4 Å².